The number of benzene rings is 1. The summed E-state index contributed by atoms with van der Waals surface area (Å²) >= 11 is 6.36. The molecular weight excluding hydrogens is 352 g/mol. The highest BCUT2D eigenvalue weighted by molar-refractivity contribution is 6.35. The zero-order valence-electron chi connectivity index (χ0n) is 15.2. The zero-order chi connectivity index (χ0) is 18.9. The number of hydrogen-bond donors (Lipinski definition) is 2. The molecule has 2 N–H and O–H groups in total. The van der Waals surface area contributed by atoms with Crippen LogP contribution >= 0.6 is 11.6 Å². The van der Waals surface area contributed by atoms with E-state index in [-0.39, 0.29) is 18.2 Å². The number of aryl methyl sites for hydroxylation is 1. The Balaban J connectivity index is 1.80. The predicted octanol–water partition coefficient (Wildman–Crippen LogP) is 3.01. The Morgan fingerprint density at radius 3 is 2.96 bits per heavy atom. The number of allylic oxidation sites excluding steroid dienone is 1. The second kappa shape index (κ2) is 7.11. The van der Waals surface area contributed by atoms with Crippen LogP contribution in [0.5, 0.6) is 0 Å². The first-order valence-corrected chi connectivity index (χ1v) is 9.08. The molecule has 1 atom stereocenters. The van der Waals surface area contributed by atoms with Crippen LogP contribution in [0, 0.1) is 5.41 Å². The minimum absolute atomic E-state index is 0.0553. The van der Waals surface area contributed by atoms with Crippen LogP contribution in [-0.4, -0.2) is 28.1 Å². The number of amides is 2. The van der Waals surface area contributed by atoms with Gasteiger partial charge in [-0.1, -0.05) is 24.6 Å². The molecular formula is C19H23ClN4O2. The molecule has 138 valence electrons. The average molecular weight is 375 g/mol. The Labute approximate surface area is 157 Å². The molecule has 1 aromatic heterocycles. The van der Waals surface area contributed by atoms with Gasteiger partial charge in [0.05, 0.1) is 22.2 Å². The molecule has 0 aliphatic carbocycles. The Morgan fingerprint density at radius 1 is 1.50 bits per heavy atom. The number of rotatable bonds is 4. The van der Waals surface area contributed by atoms with Crippen LogP contribution in [0.3, 0.4) is 0 Å². The van der Waals surface area contributed by atoms with Crippen molar-refractivity contribution < 1.29 is 9.59 Å². The number of carbonyl (C=O) groups is 2. The van der Waals surface area contributed by atoms with Crippen molar-refractivity contribution in [2.45, 2.75) is 33.1 Å². The quantitative estimate of drug-likeness (QED) is 0.863. The summed E-state index contributed by atoms with van der Waals surface area (Å²) in [6, 6.07) is 3.76. The lowest BCUT2D eigenvalue weighted by molar-refractivity contribution is -0.137. The van der Waals surface area contributed by atoms with Crippen molar-refractivity contribution in [3.05, 3.63) is 35.0 Å². The molecule has 0 bridgehead atoms. The smallest absolute Gasteiger partial charge is 0.226 e. The van der Waals surface area contributed by atoms with Gasteiger partial charge in [-0.2, -0.15) is 5.10 Å². The van der Waals surface area contributed by atoms with Gasteiger partial charge in [-0.05, 0) is 31.9 Å². The second-order valence-corrected chi connectivity index (χ2v) is 7.41. The van der Waals surface area contributed by atoms with Crippen molar-refractivity contribution in [2.24, 2.45) is 12.5 Å². The molecule has 0 unspecified atom stereocenters. The number of hydrogen-bond acceptors (Lipinski definition) is 3. The minimum Gasteiger partial charge on any atom is -0.356 e. The van der Waals surface area contributed by atoms with E-state index in [1.807, 2.05) is 39.1 Å². The maximum absolute atomic E-state index is 12.6. The van der Waals surface area contributed by atoms with Gasteiger partial charge in [0.15, 0.2) is 0 Å². The zero-order valence-corrected chi connectivity index (χ0v) is 16.0. The molecule has 2 heterocycles. The van der Waals surface area contributed by atoms with Crippen LogP contribution < -0.4 is 10.6 Å². The van der Waals surface area contributed by atoms with Gasteiger partial charge in [0.2, 0.25) is 11.8 Å². The fourth-order valence-electron chi connectivity index (χ4n) is 3.40. The van der Waals surface area contributed by atoms with Crippen LogP contribution in [0.4, 0.5) is 0 Å². The van der Waals surface area contributed by atoms with Gasteiger partial charge in [-0.25, -0.2) is 0 Å². The number of fused-ring (bicyclic) bond motifs is 1. The number of halogens is 1. The Bertz CT molecular complexity index is 902. The van der Waals surface area contributed by atoms with E-state index in [9.17, 15) is 9.59 Å². The molecule has 2 amide bonds. The van der Waals surface area contributed by atoms with Gasteiger partial charge in [0, 0.05) is 36.7 Å². The SMILES string of the molecule is C/C=C(\NC(=O)C[C@@]1(C)CCCNC1=O)c1cc(Cl)c2cnn(C)c2c1. The Kier molecular flexibility index (Phi) is 5.05. The van der Waals surface area contributed by atoms with E-state index >= 15 is 0 Å². The van der Waals surface area contributed by atoms with E-state index in [2.05, 4.69) is 15.7 Å². The van der Waals surface area contributed by atoms with Crippen molar-refractivity contribution >= 4 is 40.0 Å². The molecule has 1 aliphatic rings. The summed E-state index contributed by atoms with van der Waals surface area (Å²) in [5, 5.41) is 11.4. The molecule has 1 aromatic carbocycles. The third-order valence-corrected chi connectivity index (χ3v) is 5.29. The number of nitrogens with zero attached hydrogens (tertiary/aromatic N) is 2. The van der Waals surface area contributed by atoms with Crippen molar-refractivity contribution in [1.82, 2.24) is 20.4 Å². The van der Waals surface area contributed by atoms with E-state index in [1.54, 1.807) is 10.9 Å². The van der Waals surface area contributed by atoms with Crippen LogP contribution in [0.2, 0.25) is 5.02 Å². The molecule has 1 fully saturated rings. The fraction of sp³-hybridized carbons (Fsp3) is 0.421. The van der Waals surface area contributed by atoms with Gasteiger partial charge in [-0.15, -0.1) is 0 Å². The summed E-state index contributed by atoms with van der Waals surface area (Å²) in [5.41, 5.74) is 1.70. The minimum atomic E-state index is -0.662. The lowest BCUT2D eigenvalue weighted by Gasteiger charge is -2.32. The molecule has 26 heavy (non-hydrogen) atoms. The molecule has 0 saturated carbocycles. The van der Waals surface area contributed by atoms with Gasteiger partial charge >= 0.3 is 0 Å². The summed E-state index contributed by atoms with van der Waals surface area (Å²) in [6.07, 6.45) is 5.30. The molecule has 1 saturated heterocycles. The largest absolute Gasteiger partial charge is 0.356 e. The molecule has 6 nitrogen and oxygen atoms in total. The lowest BCUT2D eigenvalue weighted by Crippen LogP contribution is -2.46. The predicted molar refractivity (Wildman–Crippen MR) is 102 cm³/mol. The van der Waals surface area contributed by atoms with E-state index in [4.69, 9.17) is 11.6 Å². The summed E-state index contributed by atoms with van der Waals surface area (Å²) < 4.78 is 1.74. The highest BCUT2D eigenvalue weighted by Gasteiger charge is 2.37. The molecule has 3 rings (SSSR count). The van der Waals surface area contributed by atoms with Crippen molar-refractivity contribution in [3.8, 4) is 0 Å². The summed E-state index contributed by atoms with van der Waals surface area (Å²) in [4.78, 5) is 24.7. The van der Waals surface area contributed by atoms with E-state index in [0.29, 0.717) is 23.7 Å². The standard InChI is InChI=1S/C19H23ClN4O2/c1-4-15(12-8-14(20)13-11-22-24(3)16(13)9-12)23-17(25)10-19(2)6-5-7-21-18(19)26/h4,8-9,11H,5-7,10H2,1-3H3,(H,21,26)(H,23,25)/b15-4-/t19-/m1/s1. The van der Waals surface area contributed by atoms with Crippen LogP contribution in [0.1, 0.15) is 38.7 Å². The fourth-order valence-corrected chi connectivity index (χ4v) is 3.66. The van der Waals surface area contributed by atoms with Gasteiger partial charge in [-0.3, -0.25) is 14.3 Å². The first-order valence-electron chi connectivity index (χ1n) is 8.70. The first-order chi connectivity index (χ1) is 12.3. The Morgan fingerprint density at radius 2 is 2.27 bits per heavy atom. The molecule has 1 aliphatic heterocycles. The normalized spacial score (nSPS) is 20.9. The van der Waals surface area contributed by atoms with E-state index in [1.165, 1.54) is 0 Å². The van der Waals surface area contributed by atoms with Gasteiger partial charge in [0.1, 0.15) is 0 Å². The number of piperidine rings is 1. The van der Waals surface area contributed by atoms with E-state index in [0.717, 1.165) is 22.9 Å². The number of aromatic nitrogens is 2. The monoisotopic (exact) mass is 374 g/mol. The average Bonchev–Trinajstić information content (AvgIpc) is 2.97. The van der Waals surface area contributed by atoms with Crippen molar-refractivity contribution in [3.63, 3.8) is 0 Å². The second-order valence-electron chi connectivity index (χ2n) is 7.01. The number of carbonyl (C=O) groups excluding carboxylic acids is 2. The summed E-state index contributed by atoms with van der Waals surface area (Å²) in [6.45, 7) is 4.38. The first kappa shape index (κ1) is 18.5. The maximum Gasteiger partial charge on any atom is 0.226 e. The van der Waals surface area contributed by atoms with Crippen molar-refractivity contribution in [2.75, 3.05) is 6.54 Å². The summed E-state index contributed by atoms with van der Waals surface area (Å²) in [7, 11) is 1.85. The Hall–Kier alpha value is -2.34. The summed E-state index contributed by atoms with van der Waals surface area (Å²) in [5.74, 6) is -0.237. The third kappa shape index (κ3) is 3.46. The lowest BCUT2D eigenvalue weighted by atomic mass is 9.78. The van der Waals surface area contributed by atoms with Crippen LogP contribution in [0.25, 0.3) is 16.6 Å². The highest BCUT2D eigenvalue weighted by Crippen LogP contribution is 2.31. The molecule has 7 heteroatoms. The third-order valence-electron chi connectivity index (χ3n) is 4.98. The van der Waals surface area contributed by atoms with Crippen LogP contribution in [0.15, 0.2) is 24.4 Å². The molecule has 2 aromatic rings. The van der Waals surface area contributed by atoms with Gasteiger partial charge < -0.3 is 10.6 Å². The molecule has 0 spiro atoms. The van der Waals surface area contributed by atoms with Gasteiger partial charge in [0.25, 0.3) is 0 Å². The van der Waals surface area contributed by atoms with E-state index < -0.39 is 5.41 Å². The van der Waals surface area contributed by atoms with Crippen LogP contribution in [-0.2, 0) is 16.6 Å². The maximum atomic E-state index is 12.6. The topological polar surface area (TPSA) is 76.0 Å². The van der Waals surface area contributed by atoms with Crippen molar-refractivity contribution in [1.29, 1.82) is 0 Å². The highest BCUT2D eigenvalue weighted by atomic mass is 35.5. The molecule has 0 radical (unpaired) electrons. The number of nitrogens with one attached hydrogen (secondary N) is 2.